The van der Waals surface area contributed by atoms with Crippen LogP contribution in [0.25, 0.3) is 10.4 Å². The van der Waals surface area contributed by atoms with Crippen LogP contribution >= 0.6 is 0 Å². The standard InChI is InChI=1S/C22H28N8O9/c23-28-25-12-17(31)29-7-9-30(10-8-29)22(39)26-14-3-1-13(2-4-14)15(19(34)35)11-24-21(38)27-16(20(36)37)5-6-18(32)33/h1-4,15-16H,5-12H2,(H,26,39)(H,32,33)(H,34,35)(H,36,37)(H2,24,27,38)/t15-,16-/m0/s1. The van der Waals surface area contributed by atoms with E-state index in [4.69, 9.17) is 15.7 Å². The zero-order valence-electron chi connectivity index (χ0n) is 20.6. The van der Waals surface area contributed by atoms with E-state index >= 15 is 0 Å². The minimum atomic E-state index is -1.46. The molecule has 0 aliphatic carbocycles. The summed E-state index contributed by atoms with van der Waals surface area (Å²) in [5.41, 5.74) is 8.99. The van der Waals surface area contributed by atoms with Crippen LogP contribution < -0.4 is 16.0 Å². The number of benzene rings is 1. The van der Waals surface area contributed by atoms with Crippen LogP contribution in [0, 0.1) is 0 Å². The Kier molecular flexibility index (Phi) is 11.3. The number of urea groups is 2. The van der Waals surface area contributed by atoms with Crippen molar-refractivity contribution in [2.45, 2.75) is 24.8 Å². The Morgan fingerprint density at radius 2 is 1.56 bits per heavy atom. The highest BCUT2D eigenvalue weighted by molar-refractivity contribution is 5.90. The predicted molar refractivity (Wildman–Crippen MR) is 133 cm³/mol. The van der Waals surface area contributed by atoms with E-state index in [9.17, 15) is 33.9 Å². The number of carbonyl (C=O) groups is 6. The second kappa shape index (κ2) is 14.6. The number of aliphatic carboxylic acids is 3. The Bertz CT molecular complexity index is 1130. The quantitative estimate of drug-likeness (QED) is 0.120. The van der Waals surface area contributed by atoms with Crippen LogP contribution in [0.2, 0.25) is 0 Å². The molecule has 2 atom stereocenters. The Morgan fingerprint density at radius 1 is 0.949 bits per heavy atom. The lowest BCUT2D eigenvalue weighted by Gasteiger charge is -2.34. The maximum absolute atomic E-state index is 12.6. The van der Waals surface area contributed by atoms with E-state index in [2.05, 4.69) is 26.0 Å². The third kappa shape index (κ3) is 9.73. The lowest BCUT2D eigenvalue weighted by molar-refractivity contribution is -0.141. The smallest absolute Gasteiger partial charge is 0.326 e. The maximum atomic E-state index is 12.6. The third-order valence-corrected chi connectivity index (χ3v) is 5.77. The van der Waals surface area contributed by atoms with Crippen molar-refractivity contribution in [3.05, 3.63) is 40.3 Å². The number of hydrogen-bond acceptors (Lipinski definition) is 7. The molecule has 2 rings (SSSR count). The Labute approximate surface area is 221 Å². The number of carboxylic acid groups (broad SMARTS) is 3. The van der Waals surface area contributed by atoms with Gasteiger partial charge in [0.2, 0.25) is 5.91 Å². The van der Waals surface area contributed by atoms with Gasteiger partial charge in [0.25, 0.3) is 0 Å². The lowest BCUT2D eigenvalue weighted by atomic mass is 9.99. The summed E-state index contributed by atoms with van der Waals surface area (Å²) < 4.78 is 0. The highest BCUT2D eigenvalue weighted by Crippen LogP contribution is 2.19. The molecule has 39 heavy (non-hydrogen) atoms. The SMILES string of the molecule is [N-]=[N+]=NCC(=O)N1CCN(C(=O)Nc2ccc([C@H](CNC(=O)N[C@@H](CCC(=O)O)C(=O)O)C(=O)O)cc2)CC1. The van der Waals surface area contributed by atoms with Gasteiger partial charge in [0.1, 0.15) is 12.6 Å². The van der Waals surface area contributed by atoms with Gasteiger partial charge in [0.15, 0.2) is 0 Å². The minimum Gasteiger partial charge on any atom is -0.481 e. The molecule has 17 nitrogen and oxygen atoms in total. The second-order valence-electron chi connectivity index (χ2n) is 8.38. The van der Waals surface area contributed by atoms with Gasteiger partial charge in [-0.15, -0.1) is 0 Å². The molecule has 1 aromatic rings. The molecule has 1 aliphatic rings. The summed E-state index contributed by atoms with van der Waals surface area (Å²) in [7, 11) is 0. The fraction of sp³-hybridized carbons (Fsp3) is 0.455. The molecule has 0 radical (unpaired) electrons. The molecule has 1 saturated heterocycles. The van der Waals surface area contributed by atoms with Crippen molar-refractivity contribution in [2.24, 2.45) is 5.11 Å². The van der Waals surface area contributed by atoms with Gasteiger partial charge in [0, 0.05) is 49.7 Å². The highest BCUT2D eigenvalue weighted by atomic mass is 16.4. The minimum absolute atomic E-state index is 0.264. The first-order valence-corrected chi connectivity index (χ1v) is 11.7. The number of azide groups is 1. The molecule has 0 spiro atoms. The average molecular weight is 549 g/mol. The topological polar surface area (TPSA) is 254 Å². The van der Waals surface area contributed by atoms with Crippen molar-refractivity contribution >= 4 is 41.6 Å². The molecule has 6 N–H and O–H groups in total. The molecular formula is C22H28N8O9. The molecular weight excluding hydrogens is 520 g/mol. The zero-order valence-corrected chi connectivity index (χ0v) is 20.6. The van der Waals surface area contributed by atoms with Gasteiger partial charge in [-0.3, -0.25) is 14.4 Å². The summed E-state index contributed by atoms with van der Waals surface area (Å²) in [6.07, 6.45) is -0.828. The Hall–Kier alpha value is -5.05. The number of carboxylic acids is 3. The molecule has 1 aliphatic heterocycles. The maximum Gasteiger partial charge on any atom is 0.326 e. The van der Waals surface area contributed by atoms with Crippen LogP contribution in [-0.4, -0.2) is 106 Å². The average Bonchev–Trinajstić information content (AvgIpc) is 2.90. The number of hydrogen-bond donors (Lipinski definition) is 6. The van der Waals surface area contributed by atoms with E-state index in [1.165, 1.54) is 34.1 Å². The van der Waals surface area contributed by atoms with Gasteiger partial charge < -0.3 is 41.1 Å². The van der Waals surface area contributed by atoms with Gasteiger partial charge in [0.05, 0.1) is 5.92 Å². The van der Waals surface area contributed by atoms with E-state index in [0.717, 1.165) is 0 Å². The van der Waals surface area contributed by atoms with Crippen LogP contribution in [0.3, 0.4) is 0 Å². The molecule has 0 saturated carbocycles. The number of anilines is 1. The number of amides is 5. The first-order valence-electron chi connectivity index (χ1n) is 11.7. The number of nitrogens with zero attached hydrogens (tertiary/aromatic N) is 5. The zero-order chi connectivity index (χ0) is 28.9. The van der Waals surface area contributed by atoms with E-state index in [-0.39, 0.29) is 51.6 Å². The molecule has 0 unspecified atom stereocenters. The molecule has 210 valence electrons. The van der Waals surface area contributed by atoms with Crippen molar-refractivity contribution in [1.82, 2.24) is 20.4 Å². The largest absolute Gasteiger partial charge is 0.481 e. The van der Waals surface area contributed by atoms with Crippen LogP contribution in [-0.2, 0) is 19.2 Å². The van der Waals surface area contributed by atoms with Gasteiger partial charge in [-0.2, -0.15) is 0 Å². The third-order valence-electron chi connectivity index (χ3n) is 5.77. The number of nitrogens with one attached hydrogen (secondary N) is 3. The normalized spacial score (nSPS) is 14.3. The fourth-order valence-electron chi connectivity index (χ4n) is 3.63. The summed E-state index contributed by atoms with van der Waals surface area (Å²) in [6, 6.07) is 3.01. The van der Waals surface area contributed by atoms with Crippen LogP contribution in [0.4, 0.5) is 15.3 Å². The first-order chi connectivity index (χ1) is 18.5. The molecule has 5 amide bonds. The van der Waals surface area contributed by atoms with Gasteiger partial charge >= 0.3 is 30.0 Å². The monoisotopic (exact) mass is 548 g/mol. The number of rotatable bonds is 12. The molecule has 17 heteroatoms. The van der Waals surface area contributed by atoms with Gasteiger partial charge in [-0.25, -0.2) is 14.4 Å². The first kappa shape index (κ1) is 30.2. The molecule has 1 heterocycles. The summed E-state index contributed by atoms with van der Waals surface area (Å²) in [6.45, 7) is 0.405. The summed E-state index contributed by atoms with van der Waals surface area (Å²) >= 11 is 0. The summed E-state index contributed by atoms with van der Waals surface area (Å²) in [5.74, 6) is -5.45. The van der Waals surface area contributed by atoms with Crippen molar-refractivity contribution < 1.29 is 44.1 Å². The number of carbonyl (C=O) groups excluding carboxylic acids is 3. The van der Waals surface area contributed by atoms with Gasteiger partial charge in [-0.05, 0) is 29.6 Å². The number of piperazine rings is 1. The van der Waals surface area contributed by atoms with Crippen molar-refractivity contribution in [2.75, 3.05) is 44.6 Å². The molecule has 1 aromatic carbocycles. The van der Waals surface area contributed by atoms with E-state index in [0.29, 0.717) is 11.3 Å². The lowest BCUT2D eigenvalue weighted by Crippen LogP contribution is -2.52. The molecule has 1 fully saturated rings. The van der Waals surface area contributed by atoms with Crippen LogP contribution in [0.1, 0.15) is 24.3 Å². The molecule has 0 bridgehead atoms. The second-order valence-corrected chi connectivity index (χ2v) is 8.38. The Morgan fingerprint density at radius 3 is 2.10 bits per heavy atom. The predicted octanol–water partition coefficient (Wildman–Crippen LogP) is 0.458. The summed E-state index contributed by atoms with van der Waals surface area (Å²) in [4.78, 5) is 75.7. The van der Waals surface area contributed by atoms with Crippen LogP contribution in [0.15, 0.2) is 29.4 Å². The van der Waals surface area contributed by atoms with E-state index < -0.39 is 48.4 Å². The Balaban J connectivity index is 1.90. The van der Waals surface area contributed by atoms with E-state index in [1.807, 2.05) is 0 Å². The van der Waals surface area contributed by atoms with Crippen molar-refractivity contribution in [3.8, 4) is 0 Å². The fourth-order valence-corrected chi connectivity index (χ4v) is 3.63. The van der Waals surface area contributed by atoms with Gasteiger partial charge in [-0.1, -0.05) is 17.2 Å². The van der Waals surface area contributed by atoms with Crippen LogP contribution in [0.5, 0.6) is 0 Å². The van der Waals surface area contributed by atoms with Crippen molar-refractivity contribution in [3.63, 3.8) is 0 Å². The van der Waals surface area contributed by atoms with Crippen molar-refractivity contribution in [1.29, 1.82) is 0 Å². The highest BCUT2D eigenvalue weighted by Gasteiger charge is 2.25. The molecule has 0 aromatic heterocycles. The summed E-state index contributed by atoms with van der Waals surface area (Å²) in [5, 5.41) is 37.7. The van der Waals surface area contributed by atoms with E-state index in [1.54, 1.807) is 0 Å².